The molecule has 0 fully saturated rings. The Morgan fingerprint density at radius 1 is 0.385 bits per heavy atom. The number of hydrogen-bond acceptors (Lipinski definition) is 13. The van der Waals surface area contributed by atoms with Gasteiger partial charge in [0.05, 0.1) is 34.1 Å². The van der Waals surface area contributed by atoms with Crippen LogP contribution in [0.15, 0.2) is 167 Å². The standard InChI is InChI=1S/C8H8O.C7H5NO.C7H5NS.C7H6O2.C6H4N2O.C6H4N2S.6C4H10/c1-2-4-8-7(3-1)5-6-9-8;3*1-2-4-7-6(3-1)8-5-9-7;2*1-2-4-6-5(3-1)7-9-8-6;6*1-4(2)3/h1-4H,5-6H2;2*1-5H;1-4H,5H2;2*1-4H;6*4H,1-3H3. The summed E-state index contributed by atoms with van der Waals surface area (Å²) >= 11 is 2.93. The van der Waals surface area contributed by atoms with Gasteiger partial charge in [-0.05, 0) is 118 Å². The SMILES string of the molecule is CC(C)C.CC(C)C.CC(C)C.CC(C)C.CC(C)C.CC(C)C.c1ccc2c(c1)CCO2.c1ccc2c(c1)OCO2.c1ccc2nonc2c1.c1ccc2nsnc2c1.c1ccc2ocnc2c1.c1ccc2scnc2c1. The van der Waals surface area contributed by atoms with Crippen molar-refractivity contribution in [2.75, 3.05) is 13.4 Å². The molecule has 2 aliphatic heterocycles. The maximum absolute atomic E-state index is 5.30. The lowest BCUT2D eigenvalue weighted by atomic mass is 10.2. The van der Waals surface area contributed by atoms with Gasteiger partial charge in [0.2, 0.25) is 6.79 Å². The van der Waals surface area contributed by atoms with E-state index in [1.165, 1.54) is 28.4 Å². The summed E-state index contributed by atoms with van der Waals surface area (Å²) in [6, 6.07) is 46.9. The minimum Gasteiger partial charge on any atom is -0.493 e. The van der Waals surface area contributed by atoms with Gasteiger partial charge in [0.15, 0.2) is 23.5 Å². The lowest BCUT2D eigenvalue weighted by molar-refractivity contribution is 0.174. The van der Waals surface area contributed by atoms with Crippen LogP contribution in [0.4, 0.5) is 0 Å². The highest BCUT2D eigenvalue weighted by atomic mass is 32.1. The molecule has 0 spiro atoms. The molecule has 0 bridgehead atoms. The summed E-state index contributed by atoms with van der Waals surface area (Å²) in [7, 11) is 0. The lowest BCUT2D eigenvalue weighted by Crippen LogP contribution is -1.92. The van der Waals surface area contributed by atoms with Crippen molar-refractivity contribution in [2.24, 2.45) is 35.5 Å². The van der Waals surface area contributed by atoms with Gasteiger partial charge >= 0.3 is 0 Å². The van der Waals surface area contributed by atoms with E-state index in [2.05, 4.69) is 170 Å². The topological polar surface area (TPSA) is 131 Å². The van der Waals surface area contributed by atoms with E-state index in [1.807, 2.05) is 139 Å². The molecule has 10 aromatic rings. The first-order valence-corrected chi connectivity index (χ1v) is 28.8. The number of aromatic nitrogens is 6. The second-order valence-corrected chi connectivity index (χ2v) is 23.0. The first-order chi connectivity index (χ1) is 37.2. The molecule has 424 valence electrons. The highest BCUT2D eigenvalue weighted by molar-refractivity contribution is 7.16. The third-order valence-corrected chi connectivity index (χ3v) is 9.04. The molecular weight excluding hydrogens is 1010 g/mol. The zero-order chi connectivity index (χ0) is 58.1. The number of benzene rings is 6. The van der Waals surface area contributed by atoms with Crippen LogP contribution >= 0.6 is 23.1 Å². The van der Waals surface area contributed by atoms with Crippen molar-refractivity contribution in [3.8, 4) is 17.2 Å². The fourth-order valence-electron chi connectivity index (χ4n) is 5.03. The highest BCUT2D eigenvalue weighted by Crippen LogP contribution is 2.30. The van der Waals surface area contributed by atoms with Crippen LogP contribution in [-0.2, 0) is 6.42 Å². The Bertz CT molecular complexity index is 2420. The number of fused-ring (bicyclic) bond motifs is 6. The Morgan fingerprint density at radius 3 is 1.22 bits per heavy atom. The van der Waals surface area contributed by atoms with Crippen LogP contribution in [0.25, 0.3) is 43.4 Å². The van der Waals surface area contributed by atoms with Crippen LogP contribution in [0.3, 0.4) is 0 Å². The molecule has 0 atom stereocenters. The third-order valence-electron chi connectivity index (χ3n) is 7.67. The normalized spacial score (nSPS) is 10.8. The van der Waals surface area contributed by atoms with Crippen LogP contribution in [0.5, 0.6) is 17.2 Å². The van der Waals surface area contributed by atoms with Gasteiger partial charge in [0, 0.05) is 6.42 Å². The summed E-state index contributed by atoms with van der Waals surface area (Å²) in [5.74, 6) is 7.76. The number of ether oxygens (including phenoxy) is 3. The molecule has 4 aromatic heterocycles. The lowest BCUT2D eigenvalue weighted by Gasteiger charge is -1.93. The van der Waals surface area contributed by atoms with Crippen molar-refractivity contribution in [3.05, 3.63) is 163 Å². The maximum atomic E-state index is 5.30. The fourth-order valence-corrected chi connectivity index (χ4v) is 6.23. The summed E-state index contributed by atoms with van der Waals surface area (Å²) in [4.78, 5) is 8.09. The van der Waals surface area contributed by atoms with Gasteiger partial charge in [-0.1, -0.05) is 203 Å². The molecular formula is C65H92N6O5S2. The average molecular weight is 1100 g/mol. The second-order valence-electron chi connectivity index (χ2n) is 21.6. The molecule has 6 aromatic carbocycles. The van der Waals surface area contributed by atoms with E-state index in [0.29, 0.717) is 6.79 Å². The highest BCUT2D eigenvalue weighted by Gasteiger charge is 2.10. The van der Waals surface area contributed by atoms with E-state index in [1.54, 1.807) is 11.3 Å². The van der Waals surface area contributed by atoms with E-state index < -0.39 is 0 Å². The van der Waals surface area contributed by atoms with Crippen LogP contribution in [0, 0.1) is 35.5 Å². The van der Waals surface area contributed by atoms with Crippen molar-refractivity contribution < 1.29 is 23.3 Å². The molecule has 78 heavy (non-hydrogen) atoms. The predicted octanol–water partition coefficient (Wildman–Crippen LogP) is 20.0. The molecule has 0 unspecified atom stereocenters. The largest absolute Gasteiger partial charge is 0.493 e. The Hall–Kier alpha value is -6.70. The van der Waals surface area contributed by atoms with E-state index in [4.69, 9.17) is 18.6 Å². The summed E-state index contributed by atoms with van der Waals surface area (Å²) in [5, 5.41) is 7.27. The average Bonchev–Trinajstić information content (AvgIpc) is 4.25. The van der Waals surface area contributed by atoms with Gasteiger partial charge in [-0.15, -0.1) is 11.3 Å². The Kier molecular flexibility index (Phi) is 37.6. The van der Waals surface area contributed by atoms with Gasteiger partial charge in [-0.2, -0.15) is 8.75 Å². The van der Waals surface area contributed by atoms with Gasteiger partial charge < -0.3 is 18.6 Å². The zero-order valence-electron chi connectivity index (χ0n) is 50.1. The number of hydrogen-bond donors (Lipinski definition) is 0. The maximum Gasteiger partial charge on any atom is 0.231 e. The van der Waals surface area contributed by atoms with Crippen molar-refractivity contribution >= 4 is 66.4 Å². The molecule has 0 radical (unpaired) electrons. The Balaban J connectivity index is 0.000000434. The third kappa shape index (κ3) is 35.6. The van der Waals surface area contributed by atoms with E-state index >= 15 is 0 Å². The molecule has 11 nitrogen and oxygen atoms in total. The summed E-state index contributed by atoms with van der Waals surface area (Å²) < 4.78 is 34.3. The zero-order valence-corrected chi connectivity index (χ0v) is 51.8. The minimum absolute atomic E-state index is 0.360. The molecule has 0 N–H and O–H groups in total. The van der Waals surface area contributed by atoms with Crippen LogP contribution in [-0.4, -0.2) is 42.4 Å². The first-order valence-electron chi connectivity index (χ1n) is 27.2. The van der Waals surface area contributed by atoms with Crippen LogP contribution < -0.4 is 14.2 Å². The smallest absolute Gasteiger partial charge is 0.231 e. The van der Waals surface area contributed by atoms with E-state index in [-0.39, 0.29) is 0 Å². The Labute approximate surface area is 476 Å². The summed E-state index contributed by atoms with van der Waals surface area (Å²) in [5.41, 5.74) is 9.65. The predicted molar refractivity (Wildman–Crippen MR) is 334 cm³/mol. The number of rotatable bonds is 0. The first kappa shape index (κ1) is 69.3. The van der Waals surface area contributed by atoms with Crippen molar-refractivity contribution in [1.29, 1.82) is 0 Å². The molecule has 0 saturated heterocycles. The summed E-state index contributed by atoms with van der Waals surface area (Å²) in [6.07, 6.45) is 2.53. The number of para-hydroxylation sites is 6. The second kappa shape index (κ2) is 42.3. The van der Waals surface area contributed by atoms with Gasteiger partial charge in [0.1, 0.15) is 33.3 Å². The monoisotopic (exact) mass is 1100 g/mol. The molecule has 0 saturated carbocycles. The van der Waals surface area contributed by atoms with Crippen LogP contribution in [0.1, 0.15) is 130 Å². The van der Waals surface area contributed by atoms with E-state index in [9.17, 15) is 0 Å². The van der Waals surface area contributed by atoms with Gasteiger partial charge in [-0.25, -0.2) is 14.6 Å². The molecule has 6 heterocycles. The summed E-state index contributed by atoms with van der Waals surface area (Å²) in [6.45, 7) is 40.2. The van der Waals surface area contributed by atoms with Gasteiger partial charge in [0.25, 0.3) is 0 Å². The number of nitrogens with zero attached hydrogens (tertiary/aromatic N) is 6. The molecule has 13 heteroatoms. The van der Waals surface area contributed by atoms with Gasteiger partial charge in [-0.3, -0.25) is 0 Å². The van der Waals surface area contributed by atoms with Crippen LogP contribution in [0.2, 0.25) is 0 Å². The molecule has 0 amide bonds. The fraction of sp³-hybridized carbons (Fsp3) is 0.415. The molecule has 12 rings (SSSR count). The quantitative estimate of drug-likeness (QED) is 0.144. The Morgan fingerprint density at radius 2 is 0.769 bits per heavy atom. The van der Waals surface area contributed by atoms with Crippen molar-refractivity contribution in [1.82, 2.24) is 29.0 Å². The minimum atomic E-state index is 0.360. The molecule has 0 aliphatic carbocycles. The molecule has 2 aliphatic rings. The van der Waals surface area contributed by atoms with Crippen molar-refractivity contribution in [2.45, 2.75) is 131 Å². The van der Waals surface area contributed by atoms with E-state index in [0.717, 1.165) is 104 Å². The number of oxazole rings is 1. The number of thiazole rings is 1. The van der Waals surface area contributed by atoms with Crippen molar-refractivity contribution in [3.63, 3.8) is 0 Å².